The van der Waals surface area contributed by atoms with Gasteiger partial charge in [0.2, 0.25) is 0 Å². The quantitative estimate of drug-likeness (QED) is 0.809. The van der Waals surface area contributed by atoms with Crippen LogP contribution in [-0.2, 0) is 0 Å². The molecule has 0 aliphatic rings. The number of hydrogen-bond donors (Lipinski definition) is 1. The van der Waals surface area contributed by atoms with Crippen LogP contribution in [-0.4, -0.2) is 7.11 Å². The van der Waals surface area contributed by atoms with E-state index in [1.165, 1.54) is 13.2 Å². The molecular weight excluding hydrogens is 321 g/mol. The maximum absolute atomic E-state index is 13.5. The standard InChI is InChI=1S/C16H25BrFNO/c1-10(9-16(2,3)4)6-14(19)11-7-12(17)13(18)8-15(11)20-5/h7-8,10,14H,6,9,19H2,1-5H3. The van der Waals surface area contributed by atoms with Gasteiger partial charge in [0.25, 0.3) is 0 Å². The first kappa shape index (κ1) is 17.4. The van der Waals surface area contributed by atoms with Gasteiger partial charge in [0.05, 0.1) is 11.6 Å². The lowest BCUT2D eigenvalue weighted by Gasteiger charge is -2.26. The molecule has 1 aromatic rings. The Morgan fingerprint density at radius 3 is 2.45 bits per heavy atom. The van der Waals surface area contributed by atoms with Gasteiger partial charge in [0, 0.05) is 17.7 Å². The topological polar surface area (TPSA) is 35.2 Å². The summed E-state index contributed by atoms with van der Waals surface area (Å²) >= 11 is 3.21. The number of rotatable bonds is 5. The van der Waals surface area contributed by atoms with Crippen molar-refractivity contribution in [2.75, 3.05) is 7.11 Å². The van der Waals surface area contributed by atoms with Crippen LogP contribution in [0.1, 0.15) is 52.1 Å². The summed E-state index contributed by atoms with van der Waals surface area (Å²) in [4.78, 5) is 0. The van der Waals surface area contributed by atoms with E-state index >= 15 is 0 Å². The smallest absolute Gasteiger partial charge is 0.141 e. The van der Waals surface area contributed by atoms with Crippen LogP contribution in [0.4, 0.5) is 4.39 Å². The molecule has 1 rings (SSSR count). The summed E-state index contributed by atoms with van der Waals surface area (Å²) < 4.78 is 19.2. The van der Waals surface area contributed by atoms with Crippen molar-refractivity contribution in [1.82, 2.24) is 0 Å². The Balaban J connectivity index is 2.86. The minimum absolute atomic E-state index is 0.154. The van der Waals surface area contributed by atoms with Gasteiger partial charge in [-0.2, -0.15) is 0 Å². The van der Waals surface area contributed by atoms with Crippen molar-refractivity contribution in [2.45, 2.75) is 46.6 Å². The van der Waals surface area contributed by atoms with Crippen molar-refractivity contribution >= 4 is 15.9 Å². The second-order valence-corrected chi connectivity index (χ2v) is 7.57. The molecule has 0 saturated carbocycles. The molecule has 1 aromatic carbocycles. The van der Waals surface area contributed by atoms with E-state index in [4.69, 9.17) is 10.5 Å². The Morgan fingerprint density at radius 1 is 1.35 bits per heavy atom. The van der Waals surface area contributed by atoms with E-state index in [2.05, 4.69) is 43.6 Å². The molecule has 2 unspecified atom stereocenters. The molecule has 0 fully saturated rings. The first-order valence-electron chi connectivity index (χ1n) is 6.92. The van der Waals surface area contributed by atoms with E-state index in [0.717, 1.165) is 18.4 Å². The van der Waals surface area contributed by atoms with Crippen LogP contribution in [0.3, 0.4) is 0 Å². The Hall–Kier alpha value is -0.610. The van der Waals surface area contributed by atoms with Gasteiger partial charge in [0.1, 0.15) is 11.6 Å². The summed E-state index contributed by atoms with van der Waals surface area (Å²) in [7, 11) is 1.54. The Kier molecular flexibility index (Phi) is 6.02. The van der Waals surface area contributed by atoms with Crippen LogP contribution in [0, 0.1) is 17.2 Å². The Morgan fingerprint density at radius 2 is 1.95 bits per heavy atom. The van der Waals surface area contributed by atoms with E-state index in [9.17, 15) is 4.39 Å². The predicted octanol–water partition coefficient (Wildman–Crippen LogP) is 5.06. The minimum Gasteiger partial charge on any atom is -0.496 e. The number of benzene rings is 1. The summed E-state index contributed by atoms with van der Waals surface area (Å²) in [5.41, 5.74) is 7.42. The van der Waals surface area contributed by atoms with Crippen LogP contribution in [0.2, 0.25) is 0 Å². The van der Waals surface area contributed by atoms with Crippen molar-refractivity contribution in [1.29, 1.82) is 0 Å². The molecule has 0 spiro atoms. The van der Waals surface area contributed by atoms with Gasteiger partial charge in [-0.1, -0.05) is 27.7 Å². The predicted molar refractivity (Wildman–Crippen MR) is 85.4 cm³/mol. The zero-order valence-electron chi connectivity index (χ0n) is 13.0. The van der Waals surface area contributed by atoms with Crippen molar-refractivity contribution in [3.05, 3.63) is 28.0 Å². The summed E-state index contributed by atoms with van der Waals surface area (Å²) in [6.07, 6.45) is 1.96. The van der Waals surface area contributed by atoms with Crippen LogP contribution in [0.5, 0.6) is 5.75 Å². The number of methoxy groups -OCH3 is 1. The van der Waals surface area contributed by atoms with E-state index < -0.39 is 0 Å². The maximum Gasteiger partial charge on any atom is 0.141 e. The van der Waals surface area contributed by atoms with Crippen molar-refractivity contribution < 1.29 is 9.13 Å². The summed E-state index contributed by atoms with van der Waals surface area (Å²) in [6.45, 7) is 8.88. The highest BCUT2D eigenvalue weighted by atomic mass is 79.9. The number of hydrogen-bond acceptors (Lipinski definition) is 2. The molecule has 2 N–H and O–H groups in total. The van der Waals surface area contributed by atoms with Gasteiger partial charge in [0.15, 0.2) is 0 Å². The lowest BCUT2D eigenvalue weighted by Crippen LogP contribution is -2.18. The van der Waals surface area contributed by atoms with Crippen LogP contribution < -0.4 is 10.5 Å². The third-order valence-corrected chi connectivity index (χ3v) is 3.90. The highest BCUT2D eigenvalue weighted by molar-refractivity contribution is 9.10. The highest BCUT2D eigenvalue weighted by Crippen LogP contribution is 2.35. The SMILES string of the molecule is COc1cc(F)c(Br)cc1C(N)CC(C)CC(C)(C)C. The zero-order valence-corrected chi connectivity index (χ0v) is 14.6. The molecule has 20 heavy (non-hydrogen) atoms. The van der Waals surface area contributed by atoms with E-state index in [1.807, 2.05) is 0 Å². The molecule has 0 aliphatic carbocycles. The van der Waals surface area contributed by atoms with Gasteiger partial charge < -0.3 is 10.5 Å². The normalized spacial score (nSPS) is 15.0. The molecule has 0 bridgehead atoms. The second kappa shape index (κ2) is 6.90. The van der Waals surface area contributed by atoms with E-state index in [0.29, 0.717) is 16.1 Å². The molecule has 0 aliphatic heterocycles. The van der Waals surface area contributed by atoms with Gasteiger partial charge in [-0.25, -0.2) is 4.39 Å². The molecule has 0 heterocycles. The van der Waals surface area contributed by atoms with Crippen LogP contribution >= 0.6 is 15.9 Å². The fourth-order valence-electron chi connectivity index (χ4n) is 2.70. The largest absolute Gasteiger partial charge is 0.496 e. The minimum atomic E-state index is -0.333. The van der Waals surface area contributed by atoms with Gasteiger partial charge in [-0.3, -0.25) is 0 Å². The fraction of sp³-hybridized carbons (Fsp3) is 0.625. The molecule has 2 nitrogen and oxygen atoms in total. The third-order valence-electron chi connectivity index (χ3n) is 3.29. The average Bonchev–Trinajstić information content (AvgIpc) is 2.29. The third kappa shape index (κ3) is 5.06. The van der Waals surface area contributed by atoms with Gasteiger partial charge in [-0.15, -0.1) is 0 Å². The molecule has 0 saturated heterocycles. The second-order valence-electron chi connectivity index (χ2n) is 6.72. The van der Waals surface area contributed by atoms with E-state index in [-0.39, 0.29) is 17.3 Å². The van der Waals surface area contributed by atoms with E-state index in [1.54, 1.807) is 6.07 Å². The zero-order chi connectivity index (χ0) is 15.5. The van der Waals surface area contributed by atoms with Gasteiger partial charge >= 0.3 is 0 Å². The molecule has 0 aromatic heterocycles. The molecule has 114 valence electrons. The lowest BCUT2D eigenvalue weighted by molar-refractivity contribution is 0.284. The number of halogens is 2. The highest BCUT2D eigenvalue weighted by Gasteiger charge is 2.21. The molecule has 2 atom stereocenters. The summed E-state index contributed by atoms with van der Waals surface area (Å²) in [5, 5.41) is 0. The molecule has 0 radical (unpaired) electrons. The average molecular weight is 346 g/mol. The number of nitrogens with two attached hydrogens (primary N) is 1. The molecule has 4 heteroatoms. The molecular formula is C16H25BrFNO. The summed E-state index contributed by atoms with van der Waals surface area (Å²) in [5.74, 6) is 0.681. The monoisotopic (exact) mass is 345 g/mol. The van der Waals surface area contributed by atoms with Crippen molar-refractivity contribution in [3.63, 3.8) is 0 Å². The van der Waals surface area contributed by atoms with Crippen molar-refractivity contribution in [3.8, 4) is 5.75 Å². The Bertz CT molecular complexity index is 457. The Labute approximate surface area is 130 Å². The van der Waals surface area contributed by atoms with Crippen molar-refractivity contribution in [2.24, 2.45) is 17.1 Å². The lowest BCUT2D eigenvalue weighted by atomic mass is 9.82. The van der Waals surface area contributed by atoms with Crippen LogP contribution in [0.15, 0.2) is 16.6 Å². The maximum atomic E-state index is 13.5. The molecule has 0 amide bonds. The fourth-order valence-corrected chi connectivity index (χ4v) is 3.06. The summed E-state index contributed by atoms with van der Waals surface area (Å²) in [6, 6.07) is 2.95. The van der Waals surface area contributed by atoms with Crippen LogP contribution in [0.25, 0.3) is 0 Å². The van der Waals surface area contributed by atoms with Gasteiger partial charge in [-0.05, 0) is 46.2 Å². The first-order chi connectivity index (χ1) is 9.14. The number of ether oxygens (including phenoxy) is 1. The first-order valence-corrected chi connectivity index (χ1v) is 7.72.